The van der Waals surface area contributed by atoms with E-state index in [4.69, 9.17) is 7.85 Å². The molecule has 0 unspecified atom stereocenters. The number of nitrogens with one attached hydrogen (secondary N) is 1. The van der Waals surface area contributed by atoms with Gasteiger partial charge in [-0.25, -0.2) is 4.98 Å². The molecule has 6 nitrogen and oxygen atoms in total. The molecule has 24 heavy (non-hydrogen) atoms. The summed E-state index contributed by atoms with van der Waals surface area (Å²) in [6.45, 7) is 2.45. The van der Waals surface area contributed by atoms with Crippen molar-refractivity contribution in [1.29, 1.82) is 0 Å². The molecule has 0 fully saturated rings. The highest BCUT2D eigenvalue weighted by atomic mass is 32.1. The quantitative estimate of drug-likeness (QED) is 0.579. The van der Waals surface area contributed by atoms with Crippen LogP contribution in [0.1, 0.15) is 11.4 Å². The van der Waals surface area contributed by atoms with Crippen molar-refractivity contribution in [3.63, 3.8) is 0 Å². The van der Waals surface area contributed by atoms with Crippen LogP contribution in [0.3, 0.4) is 0 Å². The third kappa shape index (κ3) is 2.76. The van der Waals surface area contributed by atoms with Gasteiger partial charge in [0.2, 0.25) is 0 Å². The molecule has 0 atom stereocenters. The van der Waals surface area contributed by atoms with E-state index < -0.39 is 0 Å². The van der Waals surface area contributed by atoms with Crippen LogP contribution in [0.15, 0.2) is 42.2 Å². The van der Waals surface area contributed by atoms with Crippen molar-refractivity contribution in [3.05, 3.63) is 53.6 Å². The van der Waals surface area contributed by atoms with Gasteiger partial charge in [-0.05, 0) is 23.8 Å². The molecule has 0 aliphatic heterocycles. The Bertz CT molecular complexity index is 978. The van der Waals surface area contributed by atoms with Crippen LogP contribution in [0.5, 0.6) is 0 Å². The van der Waals surface area contributed by atoms with Crippen LogP contribution < -0.4 is 10.8 Å². The van der Waals surface area contributed by atoms with Crippen molar-refractivity contribution in [1.82, 2.24) is 24.6 Å². The molecule has 0 aliphatic rings. The largest absolute Gasteiger partial charge is 0.364 e. The Kier molecular flexibility index (Phi) is 3.74. The first-order valence-electron chi connectivity index (χ1n) is 7.40. The average molecular weight is 332 g/mol. The smallest absolute Gasteiger partial charge is 0.150 e. The first-order chi connectivity index (χ1) is 11.7. The molecular weight excluding hydrogens is 319 g/mol. The van der Waals surface area contributed by atoms with Gasteiger partial charge in [-0.2, -0.15) is 9.61 Å². The number of aryl methyl sites for hydroxylation is 1. The van der Waals surface area contributed by atoms with Crippen molar-refractivity contribution >= 4 is 36.1 Å². The SMILES string of the molecule is [B]c1cnn2c(NCc3cnc(C)cn3)cc(-c3cccs3)nc12. The standard InChI is InChI=1S/C16H13BN6S/c1-10-6-19-11(7-18-10)8-20-15-5-13(14-3-2-4-24-14)22-16-12(17)9-21-23(15)16/h2-7,9,20H,8H2,1H3. The normalized spacial score (nSPS) is 11.0. The van der Waals surface area contributed by atoms with Crippen LogP contribution in [-0.4, -0.2) is 32.4 Å². The second kappa shape index (κ2) is 6.05. The first-order valence-corrected chi connectivity index (χ1v) is 8.28. The molecule has 116 valence electrons. The van der Waals surface area contributed by atoms with Gasteiger partial charge in [0.15, 0.2) is 5.65 Å². The molecule has 0 aromatic carbocycles. The van der Waals surface area contributed by atoms with Crippen LogP contribution in [0.25, 0.3) is 16.2 Å². The predicted molar refractivity (Wildman–Crippen MR) is 95.8 cm³/mol. The number of hydrogen-bond acceptors (Lipinski definition) is 6. The van der Waals surface area contributed by atoms with E-state index in [1.54, 1.807) is 34.4 Å². The Labute approximate surface area is 144 Å². The third-order valence-electron chi connectivity index (χ3n) is 3.56. The maximum absolute atomic E-state index is 6.00. The Balaban J connectivity index is 1.71. The summed E-state index contributed by atoms with van der Waals surface area (Å²) in [5.41, 5.74) is 3.79. The van der Waals surface area contributed by atoms with E-state index in [0.717, 1.165) is 27.8 Å². The van der Waals surface area contributed by atoms with Gasteiger partial charge in [0.1, 0.15) is 13.7 Å². The molecule has 0 bridgehead atoms. The predicted octanol–water partition coefficient (Wildman–Crippen LogP) is 1.96. The van der Waals surface area contributed by atoms with E-state index in [0.29, 0.717) is 17.7 Å². The zero-order chi connectivity index (χ0) is 16.5. The molecule has 0 saturated heterocycles. The Hall–Kier alpha value is -2.74. The summed E-state index contributed by atoms with van der Waals surface area (Å²) < 4.78 is 1.70. The van der Waals surface area contributed by atoms with Gasteiger partial charge in [-0.3, -0.25) is 9.97 Å². The van der Waals surface area contributed by atoms with Gasteiger partial charge < -0.3 is 5.32 Å². The summed E-state index contributed by atoms with van der Waals surface area (Å²) in [5, 5.41) is 9.67. The lowest BCUT2D eigenvalue weighted by Crippen LogP contribution is -2.10. The summed E-state index contributed by atoms with van der Waals surface area (Å²) in [4.78, 5) is 14.3. The van der Waals surface area contributed by atoms with Gasteiger partial charge in [-0.1, -0.05) is 6.07 Å². The minimum absolute atomic E-state index is 0.538. The molecule has 4 aromatic heterocycles. The molecular formula is C16H13BN6S. The second-order valence-corrected chi connectivity index (χ2v) is 6.29. The van der Waals surface area contributed by atoms with Crippen molar-refractivity contribution < 1.29 is 0 Å². The maximum atomic E-state index is 6.00. The topological polar surface area (TPSA) is 68.0 Å². The van der Waals surface area contributed by atoms with Crippen LogP contribution >= 0.6 is 11.3 Å². The van der Waals surface area contributed by atoms with E-state index in [2.05, 4.69) is 25.4 Å². The first kappa shape index (κ1) is 14.8. The molecule has 4 heterocycles. The van der Waals surface area contributed by atoms with E-state index in [-0.39, 0.29) is 0 Å². The van der Waals surface area contributed by atoms with Crippen molar-refractivity contribution in [2.24, 2.45) is 0 Å². The fourth-order valence-electron chi connectivity index (χ4n) is 2.35. The number of rotatable bonds is 4. The van der Waals surface area contributed by atoms with Crippen molar-refractivity contribution in [3.8, 4) is 10.6 Å². The Morgan fingerprint density at radius 1 is 1.25 bits per heavy atom. The zero-order valence-corrected chi connectivity index (χ0v) is 13.8. The number of thiophene rings is 1. The Morgan fingerprint density at radius 3 is 2.92 bits per heavy atom. The second-order valence-electron chi connectivity index (χ2n) is 5.34. The highest BCUT2D eigenvalue weighted by Gasteiger charge is 2.11. The fourth-order valence-corrected chi connectivity index (χ4v) is 3.03. The zero-order valence-electron chi connectivity index (χ0n) is 13.0. The number of nitrogens with zero attached hydrogens (tertiary/aromatic N) is 5. The van der Waals surface area contributed by atoms with Gasteiger partial charge in [-0.15, -0.1) is 11.3 Å². The van der Waals surface area contributed by atoms with E-state index in [9.17, 15) is 0 Å². The molecule has 4 aromatic rings. The number of aromatic nitrogens is 5. The van der Waals surface area contributed by atoms with E-state index >= 15 is 0 Å². The van der Waals surface area contributed by atoms with Crippen LogP contribution in [0, 0.1) is 6.92 Å². The molecule has 4 rings (SSSR count). The van der Waals surface area contributed by atoms with E-state index in [1.165, 1.54) is 0 Å². The third-order valence-corrected chi connectivity index (χ3v) is 4.45. The summed E-state index contributed by atoms with van der Waals surface area (Å²) in [7, 11) is 6.00. The highest BCUT2D eigenvalue weighted by Crippen LogP contribution is 2.25. The van der Waals surface area contributed by atoms with Crippen LogP contribution in [0.2, 0.25) is 0 Å². The van der Waals surface area contributed by atoms with Gasteiger partial charge in [0.05, 0.1) is 34.7 Å². The summed E-state index contributed by atoms with van der Waals surface area (Å²) in [6, 6.07) is 6.00. The number of fused-ring (bicyclic) bond motifs is 1. The van der Waals surface area contributed by atoms with Crippen LogP contribution in [0.4, 0.5) is 5.82 Å². The summed E-state index contributed by atoms with van der Waals surface area (Å²) in [5.74, 6) is 0.808. The molecule has 0 saturated carbocycles. The minimum atomic E-state index is 0.538. The summed E-state index contributed by atoms with van der Waals surface area (Å²) >= 11 is 1.63. The van der Waals surface area contributed by atoms with Crippen LogP contribution in [-0.2, 0) is 6.54 Å². The molecule has 0 amide bonds. The molecule has 0 aliphatic carbocycles. The highest BCUT2D eigenvalue weighted by molar-refractivity contribution is 7.13. The lowest BCUT2D eigenvalue weighted by molar-refractivity contribution is 0.910. The molecule has 0 spiro atoms. The monoisotopic (exact) mass is 332 g/mol. The van der Waals surface area contributed by atoms with E-state index in [1.807, 2.05) is 30.5 Å². The lowest BCUT2D eigenvalue weighted by atomic mass is 10.0. The average Bonchev–Trinajstić information content (AvgIpc) is 3.25. The Morgan fingerprint density at radius 2 is 2.17 bits per heavy atom. The van der Waals surface area contributed by atoms with Crippen molar-refractivity contribution in [2.45, 2.75) is 13.5 Å². The molecule has 1 N–H and O–H groups in total. The number of anilines is 1. The molecule has 2 radical (unpaired) electrons. The van der Waals surface area contributed by atoms with Gasteiger partial charge in [0, 0.05) is 18.5 Å². The van der Waals surface area contributed by atoms with Gasteiger partial charge >= 0.3 is 0 Å². The summed E-state index contributed by atoms with van der Waals surface area (Å²) in [6.07, 6.45) is 5.12. The maximum Gasteiger partial charge on any atom is 0.150 e. The number of hydrogen-bond donors (Lipinski definition) is 1. The lowest BCUT2D eigenvalue weighted by Gasteiger charge is -2.10. The van der Waals surface area contributed by atoms with Crippen molar-refractivity contribution in [2.75, 3.05) is 5.32 Å². The molecule has 8 heteroatoms. The minimum Gasteiger partial charge on any atom is -0.364 e. The fraction of sp³-hybridized carbons (Fsp3) is 0.125. The van der Waals surface area contributed by atoms with Gasteiger partial charge in [0.25, 0.3) is 0 Å².